The van der Waals surface area contributed by atoms with Crippen LogP contribution in [0.4, 0.5) is 0 Å². The van der Waals surface area contributed by atoms with Crippen molar-refractivity contribution in [2.24, 2.45) is 0 Å². The minimum Gasteiger partial charge on any atom is -0.236 e. The molecule has 0 N–H and O–H groups in total. The second-order valence-corrected chi connectivity index (χ2v) is 6.49. The van der Waals surface area contributed by atoms with E-state index in [1.165, 1.54) is 16.4 Å². The number of benzene rings is 2. The molecular formula is C16H14N2O2S. The van der Waals surface area contributed by atoms with Gasteiger partial charge in [0.15, 0.2) is 5.82 Å². The molecular weight excluding hydrogens is 284 g/mol. The normalized spacial score (nSPS) is 11.5. The maximum Gasteiger partial charge on any atom is 0.269 e. The van der Waals surface area contributed by atoms with Crippen LogP contribution in [0.25, 0.3) is 11.4 Å². The highest BCUT2D eigenvalue weighted by Gasteiger charge is 2.21. The molecule has 4 nitrogen and oxygen atoms in total. The van der Waals surface area contributed by atoms with Crippen LogP contribution < -0.4 is 0 Å². The number of rotatable bonds is 3. The van der Waals surface area contributed by atoms with Gasteiger partial charge in [-0.05, 0) is 24.6 Å². The molecule has 0 aliphatic heterocycles. The van der Waals surface area contributed by atoms with Gasteiger partial charge in [-0.3, -0.25) is 0 Å². The standard InChI is InChI=1S/C16H14N2O2S/c1-13-7-5-6-10-15(13)16-17-11-12-18(16)21(19,20)14-8-3-2-4-9-14/h2-12H,1H3. The molecule has 3 aromatic rings. The van der Waals surface area contributed by atoms with Crippen molar-refractivity contribution in [3.05, 3.63) is 72.6 Å². The molecule has 0 unspecified atom stereocenters. The number of hydrogen-bond donors (Lipinski definition) is 0. The average molecular weight is 298 g/mol. The van der Waals surface area contributed by atoms with Gasteiger partial charge in [-0.15, -0.1) is 0 Å². The zero-order valence-electron chi connectivity index (χ0n) is 11.5. The molecule has 0 saturated heterocycles. The Kier molecular flexibility index (Phi) is 3.35. The van der Waals surface area contributed by atoms with E-state index in [0.29, 0.717) is 5.82 Å². The van der Waals surface area contributed by atoms with Gasteiger partial charge in [-0.25, -0.2) is 17.4 Å². The molecule has 0 fully saturated rings. The molecule has 0 atom stereocenters. The summed E-state index contributed by atoms with van der Waals surface area (Å²) in [4.78, 5) is 4.47. The Bertz CT molecular complexity index is 868. The van der Waals surface area contributed by atoms with Gasteiger partial charge in [0.05, 0.1) is 4.90 Å². The Morgan fingerprint density at radius 1 is 0.952 bits per heavy atom. The summed E-state index contributed by atoms with van der Waals surface area (Å²) >= 11 is 0. The zero-order chi connectivity index (χ0) is 14.9. The Morgan fingerprint density at radius 2 is 1.62 bits per heavy atom. The summed E-state index contributed by atoms with van der Waals surface area (Å²) in [5.74, 6) is 0.428. The van der Waals surface area contributed by atoms with Gasteiger partial charge < -0.3 is 0 Å². The van der Waals surface area contributed by atoms with E-state index in [9.17, 15) is 8.42 Å². The van der Waals surface area contributed by atoms with Gasteiger partial charge in [-0.1, -0.05) is 42.5 Å². The van der Waals surface area contributed by atoms with Crippen molar-refractivity contribution in [3.8, 4) is 11.4 Å². The first-order chi connectivity index (χ1) is 10.1. The second-order valence-electron chi connectivity index (χ2n) is 4.68. The summed E-state index contributed by atoms with van der Waals surface area (Å²) in [6.45, 7) is 1.93. The van der Waals surface area contributed by atoms with Crippen LogP contribution in [-0.4, -0.2) is 17.4 Å². The molecule has 0 bridgehead atoms. The quantitative estimate of drug-likeness (QED) is 0.746. The van der Waals surface area contributed by atoms with E-state index in [0.717, 1.165) is 11.1 Å². The molecule has 21 heavy (non-hydrogen) atoms. The molecule has 0 amide bonds. The van der Waals surface area contributed by atoms with Crippen LogP contribution in [-0.2, 0) is 10.0 Å². The van der Waals surface area contributed by atoms with Gasteiger partial charge >= 0.3 is 0 Å². The van der Waals surface area contributed by atoms with Crippen LogP contribution in [0.1, 0.15) is 5.56 Å². The van der Waals surface area contributed by atoms with Crippen LogP contribution in [0.3, 0.4) is 0 Å². The summed E-state index contributed by atoms with van der Waals surface area (Å²) in [5, 5.41) is 0. The minimum atomic E-state index is -3.64. The maximum absolute atomic E-state index is 12.7. The van der Waals surface area contributed by atoms with Crippen molar-refractivity contribution < 1.29 is 8.42 Å². The number of nitrogens with zero attached hydrogens (tertiary/aromatic N) is 2. The van der Waals surface area contributed by atoms with Gasteiger partial charge in [0.2, 0.25) is 0 Å². The number of aryl methyl sites for hydroxylation is 1. The topological polar surface area (TPSA) is 52.0 Å². The van der Waals surface area contributed by atoms with Crippen molar-refractivity contribution in [1.29, 1.82) is 0 Å². The second kappa shape index (κ2) is 5.18. The SMILES string of the molecule is Cc1ccccc1-c1nccn1S(=O)(=O)c1ccccc1. The monoisotopic (exact) mass is 298 g/mol. The summed E-state index contributed by atoms with van der Waals surface area (Å²) in [7, 11) is -3.64. The van der Waals surface area contributed by atoms with Crippen LogP contribution >= 0.6 is 0 Å². The molecule has 3 rings (SSSR count). The number of hydrogen-bond acceptors (Lipinski definition) is 3. The highest BCUT2D eigenvalue weighted by Crippen LogP contribution is 2.25. The first-order valence-corrected chi connectivity index (χ1v) is 7.95. The number of aromatic nitrogens is 2. The summed E-state index contributed by atoms with van der Waals surface area (Å²) in [6.07, 6.45) is 2.98. The fourth-order valence-corrected chi connectivity index (χ4v) is 3.52. The van der Waals surface area contributed by atoms with Crippen molar-refractivity contribution in [2.75, 3.05) is 0 Å². The van der Waals surface area contributed by atoms with E-state index in [-0.39, 0.29) is 4.90 Å². The van der Waals surface area contributed by atoms with E-state index in [4.69, 9.17) is 0 Å². The van der Waals surface area contributed by atoms with E-state index < -0.39 is 10.0 Å². The van der Waals surface area contributed by atoms with Gasteiger partial charge in [-0.2, -0.15) is 0 Å². The van der Waals surface area contributed by atoms with Crippen LogP contribution in [0.15, 0.2) is 71.9 Å². The molecule has 5 heteroatoms. The van der Waals surface area contributed by atoms with Gasteiger partial charge in [0, 0.05) is 18.0 Å². The molecule has 0 radical (unpaired) electrons. The minimum absolute atomic E-state index is 0.248. The number of imidazole rings is 1. The Morgan fingerprint density at radius 3 is 2.33 bits per heavy atom. The van der Waals surface area contributed by atoms with Crippen LogP contribution in [0.5, 0.6) is 0 Å². The molecule has 1 aromatic heterocycles. The van der Waals surface area contributed by atoms with E-state index in [2.05, 4.69) is 4.98 Å². The zero-order valence-corrected chi connectivity index (χ0v) is 12.3. The van der Waals surface area contributed by atoms with E-state index in [1.807, 2.05) is 31.2 Å². The van der Waals surface area contributed by atoms with Gasteiger partial charge in [0.25, 0.3) is 10.0 Å². The maximum atomic E-state index is 12.7. The predicted molar refractivity (Wildman–Crippen MR) is 81.4 cm³/mol. The van der Waals surface area contributed by atoms with Crippen LogP contribution in [0, 0.1) is 6.92 Å². The largest absolute Gasteiger partial charge is 0.269 e. The lowest BCUT2D eigenvalue weighted by atomic mass is 10.1. The molecule has 0 spiro atoms. The highest BCUT2D eigenvalue weighted by atomic mass is 32.2. The highest BCUT2D eigenvalue weighted by molar-refractivity contribution is 7.90. The average Bonchev–Trinajstić information content (AvgIpc) is 2.99. The van der Waals surface area contributed by atoms with E-state index >= 15 is 0 Å². The van der Waals surface area contributed by atoms with Gasteiger partial charge in [0.1, 0.15) is 0 Å². The third kappa shape index (κ3) is 2.36. The molecule has 0 aliphatic rings. The van der Waals surface area contributed by atoms with Crippen molar-refractivity contribution in [1.82, 2.24) is 8.96 Å². The Labute approximate surface area is 123 Å². The third-order valence-corrected chi connectivity index (χ3v) is 4.97. The smallest absolute Gasteiger partial charge is 0.236 e. The molecule has 0 saturated carbocycles. The first kappa shape index (κ1) is 13.6. The Balaban J connectivity index is 2.19. The third-order valence-electron chi connectivity index (χ3n) is 3.29. The fourth-order valence-electron chi connectivity index (χ4n) is 2.20. The summed E-state index contributed by atoms with van der Waals surface area (Å²) < 4.78 is 26.7. The summed E-state index contributed by atoms with van der Waals surface area (Å²) in [6, 6.07) is 15.9. The lowest BCUT2D eigenvalue weighted by molar-refractivity contribution is 0.588. The Hall–Kier alpha value is -2.40. The first-order valence-electron chi connectivity index (χ1n) is 6.51. The molecule has 2 aromatic carbocycles. The lowest BCUT2D eigenvalue weighted by Crippen LogP contribution is -2.13. The molecule has 106 valence electrons. The van der Waals surface area contributed by atoms with E-state index in [1.54, 1.807) is 30.3 Å². The van der Waals surface area contributed by atoms with Crippen molar-refractivity contribution in [3.63, 3.8) is 0 Å². The molecule has 0 aliphatic carbocycles. The van der Waals surface area contributed by atoms with Crippen molar-refractivity contribution >= 4 is 10.0 Å². The van der Waals surface area contributed by atoms with Crippen LogP contribution in [0.2, 0.25) is 0 Å². The molecule has 1 heterocycles. The lowest BCUT2D eigenvalue weighted by Gasteiger charge is -2.10. The van der Waals surface area contributed by atoms with Crippen molar-refractivity contribution in [2.45, 2.75) is 11.8 Å². The fraction of sp³-hybridized carbons (Fsp3) is 0.0625. The summed E-state index contributed by atoms with van der Waals surface area (Å²) in [5.41, 5.74) is 1.79. The predicted octanol–water partition coefficient (Wildman–Crippen LogP) is 3.10.